The highest BCUT2D eigenvalue weighted by atomic mass is 32.1. The summed E-state index contributed by atoms with van der Waals surface area (Å²) in [5.74, 6) is 0. The van der Waals surface area contributed by atoms with E-state index >= 15 is 0 Å². The van der Waals surface area contributed by atoms with Crippen molar-refractivity contribution in [2.45, 2.75) is 39.7 Å². The average Bonchev–Trinajstić information content (AvgIpc) is 2.81. The van der Waals surface area contributed by atoms with Crippen molar-refractivity contribution in [1.82, 2.24) is 10.2 Å². The summed E-state index contributed by atoms with van der Waals surface area (Å²) in [5.41, 5.74) is 9.87. The molecule has 0 aliphatic carbocycles. The molecule has 1 aromatic heterocycles. The minimum Gasteiger partial charge on any atom is -0.322 e. The van der Waals surface area contributed by atoms with Crippen LogP contribution in [-0.2, 0) is 6.42 Å². The van der Waals surface area contributed by atoms with Gasteiger partial charge < -0.3 is 5.73 Å². The number of nitrogens with two attached hydrogens (primary N) is 1. The Hall–Kier alpha value is -1.26. The van der Waals surface area contributed by atoms with Crippen molar-refractivity contribution < 1.29 is 0 Å². The Morgan fingerprint density at radius 3 is 2.78 bits per heavy atom. The molecule has 0 aliphatic heterocycles. The molecule has 0 radical (unpaired) electrons. The van der Waals surface area contributed by atoms with Crippen molar-refractivity contribution in [2.75, 3.05) is 0 Å². The third kappa shape index (κ3) is 2.94. The fraction of sp³-hybridized carbons (Fsp3) is 0.429. The van der Waals surface area contributed by atoms with E-state index in [0.717, 1.165) is 22.9 Å². The molecule has 0 spiro atoms. The van der Waals surface area contributed by atoms with Crippen LogP contribution in [0.15, 0.2) is 18.2 Å². The predicted molar refractivity (Wildman–Crippen MR) is 75.9 cm³/mol. The van der Waals surface area contributed by atoms with Crippen LogP contribution >= 0.6 is 11.3 Å². The van der Waals surface area contributed by atoms with Gasteiger partial charge in [-0.2, -0.15) is 0 Å². The maximum Gasteiger partial charge on any atom is 0.134 e. The largest absolute Gasteiger partial charge is 0.322 e. The Bertz CT molecular complexity index is 534. The zero-order valence-electron chi connectivity index (χ0n) is 11.1. The molecule has 0 saturated carbocycles. The summed E-state index contributed by atoms with van der Waals surface area (Å²) >= 11 is 1.63. The van der Waals surface area contributed by atoms with Gasteiger partial charge in [0.2, 0.25) is 0 Å². The van der Waals surface area contributed by atoms with E-state index in [4.69, 9.17) is 5.73 Å². The lowest BCUT2D eigenvalue weighted by Crippen LogP contribution is -2.07. The number of benzene rings is 1. The standard InChI is InChI=1S/C14H19N3S/c1-4-12(15)14-17-16-13(18-14)8-11-7-9(2)5-6-10(11)3/h5-7,12H,4,8,15H2,1-3H3. The maximum atomic E-state index is 5.96. The van der Waals surface area contributed by atoms with E-state index < -0.39 is 0 Å². The summed E-state index contributed by atoms with van der Waals surface area (Å²) in [6, 6.07) is 6.53. The Morgan fingerprint density at radius 2 is 2.06 bits per heavy atom. The van der Waals surface area contributed by atoms with Gasteiger partial charge in [-0.15, -0.1) is 10.2 Å². The first-order chi connectivity index (χ1) is 8.60. The molecule has 0 saturated heterocycles. The Labute approximate surface area is 112 Å². The summed E-state index contributed by atoms with van der Waals surface area (Å²) in [7, 11) is 0. The monoisotopic (exact) mass is 261 g/mol. The van der Waals surface area contributed by atoms with Gasteiger partial charge in [-0.25, -0.2) is 0 Å². The molecular formula is C14H19N3S. The van der Waals surface area contributed by atoms with E-state index in [9.17, 15) is 0 Å². The molecule has 0 aliphatic rings. The molecule has 4 heteroatoms. The molecule has 3 nitrogen and oxygen atoms in total. The molecule has 18 heavy (non-hydrogen) atoms. The molecule has 1 aromatic carbocycles. The van der Waals surface area contributed by atoms with Crippen LogP contribution in [0.3, 0.4) is 0 Å². The first kappa shape index (κ1) is 13.2. The number of aromatic nitrogens is 2. The zero-order valence-corrected chi connectivity index (χ0v) is 11.9. The first-order valence-electron chi connectivity index (χ1n) is 6.24. The molecule has 0 fully saturated rings. The van der Waals surface area contributed by atoms with Gasteiger partial charge in [-0.1, -0.05) is 42.0 Å². The van der Waals surface area contributed by atoms with Gasteiger partial charge >= 0.3 is 0 Å². The Morgan fingerprint density at radius 1 is 1.28 bits per heavy atom. The molecule has 0 amide bonds. The van der Waals surface area contributed by atoms with Crippen LogP contribution < -0.4 is 5.73 Å². The van der Waals surface area contributed by atoms with Crippen molar-refractivity contribution >= 4 is 11.3 Å². The van der Waals surface area contributed by atoms with Gasteiger partial charge in [0.15, 0.2) is 0 Å². The highest BCUT2D eigenvalue weighted by Gasteiger charge is 2.11. The minimum absolute atomic E-state index is 0.0230. The first-order valence-corrected chi connectivity index (χ1v) is 7.05. The van der Waals surface area contributed by atoms with Crippen LogP contribution in [-0.4, -0.2) is 10.2 Å². The van der Waals surface area contributed by atoms with Crippen LogP contribution in [0.25, 0.3) is 0 Å². The SMILES string of the molecule is CCC(N)c1nnc(Cc2cc(C)ccc2C)s1. The Kier molecular flexibility index (Phi) is 4.09. The fourth-order valence-corrected chi connectivity index (χ4v) is 2.77. The summed E-state index contributed by atoms with van der Waals surface area (Å²) in [5, 5.41) is 10.4. The third-order valence-electron chi connectivity index (χ3n) is 3.09. The van der Waals surface area contributed by atoms with Crippen LogP contribution in [0, 0.1) is 13.8 Å². The fourth-order valence-electron chi connectivity index (χ4n) is 1.82. The highest BCUT2D eigenvalue weighted by molar-refractivity contribution is 7.11. The smallest absolute Gasteiger partial charge is 0.134 e. The number of rotatable bonds is 4. The van der Waals surface area contributed by atoms with E-state index in [1.165, 1.54) is 16.7 Å². The van der Waals surface area contributed by atoms with Gasteiger partial charge in [0.25, 0.3) is 0 Å². The second-order valence-electron chi connectivity index (χ2n) is 4.66. The van der Waals surface area contributed by atoms with E-state index in [2.05, 4.69) is 49.2 Å². The molecule has 1 atom stereocenters. The molecular weight excluding hydrogens is 242 g/mol. The minimum atomic E-state index is 0.0230. The van der Waals surface area contributed by atoms with Crippen molar-refractivity contribution in [1.29, 1.82) is 0 Å². The summed E-state index contributed by atoms with van der Waals surface area (Å²) in [6.45, 7) is 6.31. The lowest BCUT2D eigenvalue weighted by Gasteiger charge is -2.04. The topological polar surface area (TPSA) is 51.8 Å². The quantitative estimate of drug-likeness (QED) is 0.919. The van der Waals surface area contributed by atoms with E-state index in [-0.39, 0.29) is 6.04 Å². The van der Waals surface area contributed by atoms with E-state index in [1.54, 1.807) is 11.3 Å². The van der Waals surface area contributed by atoms with Crippen LogP contribution in [0.1, 0.15) is 46.1 Å². The lowest BCUT2D eigenvalue weighted by molar-refractivity contribution is 0.682. The van der Waals surface area contributed by atoms with E-state index in [0.29, 0.717) is 0 Å². The maximum absolute atomic E-state index is 5.96. The van der Waals surface area contributed by atoms with Gasteiger partial charge in [0, 0.05) is 6.42 Å². The number of hydrogen-bond acceptors (Lipinski definition) is 4. The molecule has 0 bridgehead atoms. The predicted octanol–water partition coefficient (Wildman–Crippen LogP) is 3.16. The van der Waals surface area contributed by atoms with Crippen molar-refractivity contribution in [3.05, 3.63) is 44.9 Å². The van der Waals surface area contributed by atoms with Crippen LogP contribution in [0.5, 0.6) is 0 Å². The van der Waals surface area contributed by atoms with Crippen molar-refractivity contribution in [2.24, 2.45) is 5.73 Å². The van der Waals surface area contributed by atoms with Gasteiger partial charge in [0.1, 0.15) is 10.0 Å². The molecule has 96 valence electrons. The third-order valence-corrected chi connectivity index (χ3v) is 4.14. The number of nitrogens with zero attached hydrogens (tertiary/aromatic N) is 2. The summed E-state index contributed by atoms with van der Waals surface area (Å²) < 4.78 is 0. The number of hydrogen-bond donors (Lipinski definition) is 1. The van der Waals surface area contributed by atoms with Gasteiger partial charge in [0.05, 0.1) is 6.04 Å². The van der Waals surface area contributed by atoms with Gasteiger partial charge in [-0.3, -0.25) is 0 Å². The molecule has 1 unspecified atom stereocenters. The van der Waals surface area contributed by atoms with Crippen LogP contribution in [0.4, 0.5) is 0 Å². The zero-order chi connectivity index (χ0) is 13.1. The van der Waals surface area contributed by atoms with Crippen LogP contribution in [0.2, 0.25) is 0 Å². The van der Waals surface area contributed by atoms with E-state index in [1.807, 2.05) is 0 Å². The van der Waals surface area contributed by atoms with Crippen molar-refractivity contribution in [3.8, 4) is 0 Å². The molecule has 1 heterocycles. The average molecular weight is 261 g/mol. The Balaban J connectivity index is 2.18. The lowest BCUT2D eigenvalue weighted by atomic mass is 10.0. The molecule has 2 N–H and O–H groups in total. The summed E-state index contributed by atoms with van der Waals surface area (Å²) in [6.07, 6.45) is 1.75. The van der Waals surface area contributed by atoms with Crippen molar-refractivity contribution in [3.63, 3.8) is 0 Å². The second-order valence-corrected chi connectivity index (χ2v) is 5.75. The summed E-state index contributed by atoms with van der Waals surface area (Å²) in [4.78, 5) is 0. The normalized spacial score (nSPS) is 12.7. The highest BCUT2D eigenvalue weighted by Crippen LogP contribution is 2.22. The number of aryl methyl sites for hydroxylation is 2. The molecule has 2 rings (SSSR count). The second kappa shape index (κ2) is 5.59. The van der Waals surface area contributed by atoms with Gasteiger partial charge in [-0.05, 0) is 31.4 Å². The molecule has 2 aromatic rings.